The van der Waals surface area contributed by atoms with Gasteiger partial charge in [0.1, 0.15) is 11.8 Å². The number of benzene rings is 1. The van der Waals surface area contributed by atoms with Crippen LogP contribution in [-0.2, 0) is 9.59 Å². The summed E-state index contributed by atoms with van der Waals surface area (Å²) in [5.41, 5.74) is 7.49. The van der Waals surface area contributed by atoms with Gasteiger partial charge in [-0.2, -0.15) is 4.99 Å². The highest BCUT2D eigenvalue weighted by Gasteiger charge is 2.37. The van der Waals surface area contributed by atoms with Crippen molar-refractivity contribution in [1.29, 1.82) is 0 Å². The van der Waals surface area contributed by atoms with Crippen LogP contribution in [0.4, 0.5) is 0 Å². The monoisotopic (exact) mass is 287 g/mol. The van der Waals surface area contributed by atoms with E-state index in [1.165, 1.54) is 0 Å². The smallest absolute Gasteiger partial charge is 0.264 e. The first-order valence-corrected chi connectivity index (χ1v) is 6.95. The van der Waals surface area contributed by atoms with Gasteiger partial charge in [0.05, 0.1) is 6.04 Å². The Morgan fingerprint density at radius 1 is 1.19 bits per heavy atom. The van der Waals surface area contributed by atoms with Crippen molar-refractivity contribution in [1.82, 2.24) is 5.32 Å². The van der Waals surface area contributed by atoms with Gasteiger partial charge in [-0.3, -0.25) is 9.59 Å². The summed E-state index contributed by atoms with van der Waals surface area (Å²) in [6.07, 6.45) is 0. The molecule has 0 fully saturated rings. The van der Waals surface area contributed by atoms with Gasteiger partial charge in [-0.15, -0.1) is 0 Å². The molecule has 0 aromatic heterocycles. The third-order valence-electron chi connectivity index (χ3n) is 3.63. The highest BCUT2D eigenvalue weighted by Crippen LogP contribution is 2.24. The van der Waals surface area contributed by atoms with Crippen molar-refractivity contribution < 1.29 is 9.59 Å². The topological polar surface area (TPSA) is 84.6 Å². The maximum absolute atomic E-state index is 12.3. The summed E-state index contributed by atoms with van der Waals surface area (Å²) in [4.78, 5) is 28.5. The van der Waals surface area contributed by atoms with E-state index in [-0.39, 0.29) is 17.2 Å². The van der Waals surface area contributed by atoms with E-state index in [0.717, 1.165) is 5.56 Å². The van der Waals surface area contributed by atoms with E-state index < -0.39 is 17.9 Å². The highest BCUT2D eigenvalue weighted by atomic mass is 16.2. The number of amidine groups is 1. The number of aryl methyl sites for hydroxylation is 1. The van der Waals surface area contributed by atoms with Crippen LogP contribution in [0.5, 0.6) is 0 Å². The third-order valence-corrected chi connectivity index (χ3v) is 3.63. The summed E-state index contributed by atoms with van der Waals surface area (Å²) >= 11 is 0. The lowest BCUT2D eigenvalue weighted by atomic mass is 9.85. The first-order chi connectivity index (χ1) is 9.70. The Morgan fingerprint density at radius 3 is 2.24 bits per heavy atom. The van der Waals surface area contributed by atoms with Gasteiger partial charge < -0.3 is 11.1 Å². The second-order valence-electron chi connectivity index (χ2n) is 6.51. The van der Waals surface area contributed by atoms with Crippen LogP contribution in [0.15, 0.2) is 29.3 Å². The normalized spacial score (nSPS) is 20.8. The molecule has 5 nitrogen and oxygen atoms in total. The summed E-state index contributed by atoms with van der Waals surface area (Å²) in [6.45, 7) is 7.75. The van der Waals surface area contributed by atoms with Gasteiger partial charge in [0.25, 0.3) is 5.91 Å². The first-order valence-electron chi connectivity index (χ1n) is 6.95. The zero-order valence-electron chi connectivity index (χ0n) is 12.8. The average molecular weight is 287 g/mol. The van der Waals surface area contributed by atoms with Gasteiger partial charge >= 0.3 is 0 Å². The Bertz CT molecular complexity index is 597. The van der Waals surface area contributed by atoms with Gasteiger partial charge in [0, 0.05) is 0 Å². The SMILES string of the molecule is Cc1ccc(C2C(=O)N=C(C(N)C(C)(C)C)NC2=O)cc1. The Morgan fingerprint density at radius 2 is 1.76 bits per heavy atom. The number of carbonyl (C=O) groups is 2. The minimum absolute atomic E-state index is 0.251. The van der Waals surface area contributed by atoms with Crippen LogP contribution in [-0.4, -0.2) is 23.7 Å². The molecule has 0 radical (unpaired) electrons. The molecule has 21 heavy (non-hydrogen) atoms. The van der Waals surface area contributed by atoms with Gasteiger partial charge in [0.2, 0.25) is 5.91 Å². The summed E-state index contributed by atoms with van der Waals surface area (Å²) in [5, 5.41) is 2.68. The zero-order chi connectivity index (χ0) is 15.8. The minimum Gasteiger partial charge on any atom is -0.321 e. The molecule has 2 atom stereocenters. The summed E-state index contributed by atoms with van der Waals surface area (Å²) in [6, 6.07) is 6.81. The molecule has 0 spiro atoms. The molecule has 1 aliphatic rings. The van der Waals surface area contributed by atoms with E-state index in [4.69, 9.17) is 5.73 Å². The number of hydrogen-bond donors (Lipinski definition) is 2. The molecule has 0 saturated carbocycles. The first kappa shape index (κ1) is 15.4. The van der Waals surface area contributed by atoms with Crippen LogP contribution < -0.4 is 11.1 Å². The zero-order valence-corrected chi connectivity index (χ0v) is 12.8. The standard InChI is InChI=1S/C16H21N3O2/c1-9-5-7-10(8-6-9)11-14(20)18-13(19-15(11)21)12(17)16(2,3)4/h5-8,11-12H,17H2,1-4H3,(H,18,19,20,21). The molecule has 3 N–H and O–H groups in total. The molecule has 5 heteroatoms. The maximum Gasteiger partial charge on any atom is 0.264 e. The third kappa shape index (κ3) is 3.19. The lowest BCUT2D eigenvalue weighted by Gasteiger charge is -2.31. The van der Waals surface area contributed by atoms with Crippen LogP contribution in [0.2, 0.25) is 0 Å². The molecular weight excluding hydrogens is 266 g/mol. The number of rotatable bonds is 2. The van der Waals surface area contributed by atoms with Gasteiger partial charge in [-0.1, -0.05) is 50.6 Å². The number of amides is 2. The van der Waals surface area contributed by atoms with Crippen molar-refractivity contribution in [2.75, 3.05) is 0 Å². The molecule has 0 aliphatic carbocycles. The van der Waals surface area contributed by atoms with Gasteiger partial charge in [-0.25, -0.2) is 0 Å². The van der Waals surface area contributed by atoms with E-state index in [1.54, 1.807) is 12.1 Å². The summed E-state index contributed by atoms with van der Waals surface area (Å²) in [5.74, 6) is -1.46. The molecule has 1 aliphatic heterocycles. The maximum atomic E-state index is 12.3. The molecule has 0 bridgehead atoms. The molecule has 1 aromatic carbocycles. The number of carbonyl (C=O) groups excluding carboxylic acids is 2. The lowest BCUT2D eigenvalue weighted by molar-refractivity contribution is -0.129. The average Bonchev–Trinajstić information content (AvgIpc) is 2.38. The fourth-order valence-corrected chi connectivity index (χ4v) is 2.13. The Labute approximate surface area is 124 Å². The summed E-state index contributed by atoms with van der Waals surface area (Å²) in [7, 11) is 0. The second-order valence-corrected chi connectivity index (χ2v) is 6.51. The van der Waals surface area contributed by atoms with Crippen LogP contribution in [0.3, 0.4) is 0 Å². The van der Waals surface area contributed by atoms with Crippen LogP contribution in [0.25, 0.3) is 0 Å². The number of nitrogens with one attached hydrogen (secondary N) is 1. The highest BCUT2D eigenvalue weighted by molar-refractivity contribution is 6.20. The predicted octanol–water partition coefficient (Wildman–Crippen LogP) is 1.51. The number of nitrogens with zero attached hydrogens (tertiary/aromatic N) is 1. The minimum atomic E-state index is -0.887. The Hall–Kier alpha value is -2.01. The quantitative estimate of drug-likeness (QED) is 0.809. The molecule has 2 unspecified atom stereocenters. The molecule has 1 heterocycles. The molecule has 2 rings (SSSR count). The van der Waals surface area contributed by atoms with Gasteiger partial charge in [-0.05, 0) is 17.9 Å². The molecule has 1 aromatic rings. The van der Waals surface area contributed by atoms with Crippen molar-refractivity contribution >= 4 is 17.6 Å². The van der Waals surface area contributed by atoms with Gasteiger partial charge in [0.15, 0.2) is 0 Å². The lowest BCUT2D eigenvalue weighted by Crippen LogP contribution is -2.54. The number of nitrogens with two attached hydrogens (primary N) is 1. The Balaban J connectivity index is 2.30. The van der Waals surface area contributed by atoms with Crippen molar-refractivity contribution in [3.05, 3.63) is 35.4 Å². The van der Waals surface area contributed by atoms with E-state index in [1.807, 2.05) is 39.8 Å². The molecule has 2 amide bonds. The molecule has 0 saturated heterocycles. The fraction of sp³-hybridized carbons (Fsp3) is 0.438. The van der Waals surface area contributed by atoms with Crippen LogP contribution in [0.1, 0.15) is 37.8 Å². The second kappa shape index (κ2) is 5.41. The van der Waals surface area contributed by atoms with Crippen LogP contribution in [0, 0.1) is 12.3 Å². The molecular formula is C16H21N3O2. The van der Waals surface area contributed by atoms with E-state index >= 15 is 0 Å². The van der Waals surface area contributed by atoms with Crippen molar-refractivity contribution in [3.8, 4) is 0 Å². The van der Waals surface area contributed by atoms with Crippen molar-refractivity contribution in [2.24, 2.45) is 16.1 Å². The number of aliphatic imine (C=N–C) groups is 1. The van der Waals surface area contributed by atoms with Crippen LogP contribution >= 0.6 is 0 Å². The van der Waals surface area contributed by atoms with Crippen molar-refractivity contribution in [3.63, 3.8) is 0 Å². The Kier molecular flexibility index (Phi) is 3.96. The fourth-order valence-electron chi connectivity index (χ4n) is 2.13. The summed E-state index contributed by atoms with van der Waals surface area (Å²) < 4.78 is 0. The predicted molar refractivity (Wildman–Crippen MR) is 81.9 cm³/mol. The van der Waals surface area contributed by atoms with E-state index in [0.29, 0.717) is 5.56 Å². The molecule has 112 valence electrons. The van der Waals surface area contributed by atoms with E-state index in [2.05, 4.69) is 10.3 Å². The number of hydrogen-bond acceptors (Lipinski definition) is 3. The van der Waals surface area contributed by atoms with E-state index in [9.17, 15) is 9.59 Å². The largest absolute Gasteiger partial charge is 0.321 e. The van der Waals surface area contributed by atoms with Crippen molar-refractivity contribution in [2.45, 2.75) is 39.7 Å².